The lowest BCUT2D eigenvalue weighted by Gasteiger charge is -2.05. The second kappa shape index (κ2) is 3.54. The number of benzene rings is 3. The fraction of sp³-hybridized carbons (Fsp3) is 0. The number of anilines is 2. The van der Waals surface area contributed by atoms with Gasteiger partial charge < -0.3 is 11.5 Å². The first kappa shape index (κ1) is 10.2. The summed E-state index contributed by atoms with van der Waals surface area (Å²) in [4.78, 5) is 0. The molecule has 0 bridgehead atoms. The third kappa shape index (κ3) is 1.67. The number of nitrogens with two attached hydrogens (primary N) is 2. The summed E-state index contributed by atoms with van der Waals surface area (Å²) < 4.78 is 0. The number of halogens is 1. The van der Waals surface area contributed by atoms with E-state index in [-0.39, 0.29) is 0 Å². The van der Waals surface area contributed by atoms with Gasteiger partial charge in [-0.15, -0.1) is 0 Å². The molecule has 0 aliphatic carbocycles. The van der Waals surface area contributed by atoms with Crippen LogP contribution in [0.1, 0.15) is 0 Å². The van der Waals surface area contributed by atoms with Crippen molar-refractivity contribution in [3.63, 3.8) is 0 Å². The van der Waals surface area contributed by atoms with Crippen molar-refractivity contribution in [1.29, 1.82) is 0 Å². The molecule has 0 saturated heterocycles. The number of nitrogen functional groups attached to an aromatic ring is 2. The lowest BCUT2D eigenvalue weighted by Crippen LogP contribution is -1.87. The van der Waals surface area contributed by atoms with Crippen molar-refractivity contribution >= 4 is 44.5 Å². The zero-order valence-corrected chi connectivity index (χ0v) is 9.83. The van der Waals surface area contributed by atoms with Crippen LogP contribution in [-0.2, 0) is 0 Å². The zero-order chi connectivity index (χ0) is 12.0. The van der Waals surface area contributed by atoms with E-state index in [0.717, 1.165) is 27.2 Å². The standard InChI is InChI=1S/C14H11ClN2/c15-13-6-10-4-9-5-12(16)2-1-8(9)3-11(10)7-14(13)17/h1-7H,16-17H2. The van der Waals surface area contributed by atoms with Crippen molar-refractivity contribution in [2.24, 2.45) is 0 Å². The van der Waals surface area contributed by atoms with Crippen LogP contribution >= 0.6 is 11.6 Å². The molecule has 3 aromatic rings. The molecule has 17 heavy (non-hydrogen) atoms. The van der Waals surface area contributed by atoms with E-state index in [1.807, 2.05) is 30.3 Å². The summed E-state index contributed by atoms with van der Waals surface area (Å²) in [6.07, 6.45) is 0. The number of fused-ring (bicyclic) bond motifs is 2. The summed E-state index contributed by atoms with van der Waals surface area (Å²) >= 11 is 6.02. The van der Waals surface area contributed by atoms with Gasteiger partial charge in [-0.1, -0.05) is 17.7 Å². The van der Waals surface area contributed by atoms with Gasteiger partial charge in [0.15, 0.2) is 0 Å². The molecule has 3 aromatic carbocycles. The van der Waals surface area contributed by atoms with Crippen molar-refractivity contribution in [1.82, 2.24) is 0 Å². The van der Waals surface area contributed by atoms with Gasteiger partial charge in [0.2, 0.25) is 0 Å². The van der Waals surface area contributed by atoms with E-state index in [0.29, 0.717) is 10.7 Å². The predicted octanol–water partition coefficient (Wildman–Crippen LogP) is 3.81. The van der Waals surface area contributed by atoms with Crippen LogP contribution in [0.5, 0.6) is 0 Å². The molecule has 0 saturated carbocycles. The fourth-order valence-electron chi connectivity index (χ4n) is 2.06. The Labute approximate surface area is 104 Å². The Balaban J connectivity index is 2.43. The topological polar surface area (TPSA) is 52.0 Å². The first-order valence-corrected chi connectivity index (χ1v) is 5.69. The highest BCUT2D eigenvalue weighted by Crippen LogP contribution is 2.30. The highest BCUT2D eigenvalue weighted by atomic mass is 35.5. The minimum atomic E-state index is 0.584. The molecule has 0 amide bonds. The lowest BCUT2D eigenvalue weighted by atomic mass is 10.0. The van der Waals surface area contributed by atoms with Crippen LogP contribution in [0.3, 0.4) is 0 Å². The van der Waals surface area contributed by atoms with Gasteiger partial charge in [0, 0.05) is 5.69 Å². The highest BCUT2D eigenvalue weighted by molar-refractivity contribution is 6.34. The van der Waals surface area contributed by atoms with E-state index < -0.39 is 0 Å². The van der Waals surface area contributed by atoms with Gasteiger partial charge in [0.25, 0.3) is 0 Å². The van der Waals surface area contributed by atoms with Crippen molar-refractivity contribution in [2.45, 2.75) is 0 Å². The summed E-state index contributed by atoms with van der Waals surface area (Å²) in [5, 5.41) is 5.00. The lowest BCUT2D eigenvalue weighted by molar-refractivity contribution is 1.73. The maximum Gasteiger partial charge on any atom is 0.0641 e. The molecule has 0 fully saturated rings. The highest BCUT2D eigenvalue weighted by Gasteiger charge is 2.02. The molecule has 0 aromatic heterocycles. The van der Waals surface area contributed by atoms with Gasteiger partial charge in [0.1, 0.15) is 0 Å². The third-order valence-corrected chi connectivity index (χ3v) is 3.26. The number of rotatable bonds is 0. The monoisotopic (exact) mass is 242 g/mol. The molecular formula is C14H11ClN2. The quantitative estimate of drug-likeness (QED) is 0.465. The van der Waals surface area contributed by atoms with Gasteiger partial charge >= 0.3 is 0 Å². The number of hydrogen-bond donors (Lipinski definition) is 2. The molecular weight excluding hydrogens is 232 g/mol. The number of hydrogen-bond acceptors (Lipinski definition) is 2. The first-order chi connectivity index (χ1) is 8.13. The summed E-state index contributed by atoms with van der Waals surface area (Å²) in [6.45, 7) is 0. The normalized spacial score (nSPS) is 11.1. The zero-order valence-electron chi connectivity index (χ0n) is 9.07. The molecule has 0 unspecified atom stereocenters. The smallest absolute Gasteiger partial charge is 0.0641 e. The summed E-state index contributed by atoms with van der Waals surface area (Å²) in [5.74, 6) is 0. The summed E-state index contributed by atoms with van der Waals surface area (Å²) in [7, 11) is 0. The van der Waals surface area contributed by atoms with Gasteiger partial charge in [-0.2, -0.15) is 0 Å². The van der Waals surface area contributed by atoms with Crippen LogP contribution in [0.15, 0.2) is 42.5 Å². The summed E-state index contributed by atoms with van der Waals surface area (Å²) in [5.41, 5.74) is 12.9. The SMILES string of the molecule is Nc1ccc2cc3cc(N)c(Cl)cc3cc2c1. The average Bonchev–Trinajstić information content (AvgIpc) is 2.28. The van der Waals surface area contributed by atoms with Crippen molar-refractivity contribution in [3.8, 4) is 0 Å². The van der Waals surface area contributed by atoms with Gasteiger partial charge in [-0.05, 0) is 57.9 Å². The van der Waals surface area contributed by atoms with Crippen molar-refractivity contribution < 1.29 is 0 Å². The average molecular weight is 243 g/mol. The van der Waals surface area contributed by atoms with E-state index in [4.69, 9.17) is 23.1 Å². The maximum absolute atomic E-state index is 6.02. The van der Waals surface area contributed by atoms with E-state index in [1.54, 1.807) is 0 Å². The molecule has 0 aliphatic heterocycles. The molecule has 0 aliphatic rings. The molecule has 0 spiro atoms. The van der Waals surface area contributed by atoms with E-state index in [1.165, 1.54) is 0 Å². The Hall–Kier alpha value is -1.93. The second-order valence-corrected chi connectivity index (χ2v) is 4.59. The molecule has 0 radical (unpaired) electrons. The minimum Gasteiger partial charge on any atom is -0.399 e. The fourth-order valence-corrected chi connectivity index (χ4v) is 2.23. The van der Waals surface area contributed by atoms with Gasteiger partial charge in [-0.25, -0.2) is 0 Å². The molecule has 3 rings (SSSR count). The first-order valence-electron chi connectivity index (χ1n) is 5.31. The largest absolute Gasteiger partial charge is 0.399 e. The van der Waals surface area contributed by atoms with E-state index in [2.05, 4.69) is 12.1 Å². The third-order valence-electron chi connectivity index (χ3n) is 2.94. The molecule has 3 heteroatoms. The Bertz CT molecular complexity index is 735. The predicted molar refractivity (Wildman–Crippen MR) is 75.3 cm³/mol. The molecule has 2 nitrogen and oxygen atoms in total. The molecule has 84 valence electrons. The minimum absolute atomic E-state index is 0.584. The van der Waals surface area contributed by atoms with Crippen LogP contribution in [0.4, 0.5) is 11.4 Å². The van der Waals surface area contributed by atoms with Gasteiger partial charge in [-0.3, -0.25) is 0 Å². The Morgan fingerprint density at radius 3 is 2.18 bits per heavy atom. The second-order valence-electron chi connectivity index (χ2n) is 4.18. The van der Waals surface area contributed by atoms with Crippen molar-refractivity contribution in [3.05, 3.63) is 47.5 Å². The maximum atomic E-state index is 6.02. The molecule has 0 atom stereocenters. The Morgan fingerprint density at radius 1 is 0.706 bits per heavy atom. The van der Waals surface area contributed by atoms with Crippen LogP contribution in [-0.4, -0.2) is 0 Å². The summed E-state index contributed by atoms with van der Waals surface area (Å²) in [6, 6.07) is 13.8. The van der Waals surface area contributed by atoms with Crippen molar-refractivity contribution in [2.75, 3.05) is 11.5 Å². The van der Waals surface area contributed by atoms with Crippen LogP contribution in [0.2, 0.25) is 5.02 Å². The van der Waals surface area contributed by atoms with E-state index >= 15 is 0 Å². The van der Waals surface area contributed by atoms with Crippen LogP contribution in [0.25, 0.3) is 21.5 Å². The van der Waals surface area contributed by atoms with E-state index in [9.17, 15) is 0 Å². The van der Waals surface area contributed by atoms with Crippen LogP contribution < -0.4 is 11.5 Å². The Morgan fingerprint density at radius 2 is 1.35 bits per heavy atom. The van der Waals surface area contributed by atoms with Crippen LogP contribution in [0, 0.1) is 0 Å². The van der Waals surface area contributed by atoms with Gasteiger partial charge in [0.05, 0.1) is 10.7 Å². The molecule has 0 heterocycles. The molecule has 4 N–H and O–H groups in total. The Kier molecular flexibility index (Phi) is 2.13.